The summed E-state index contributed by atoms with van der Waals surface area (Å²) in [4.78, 5) is 10.5. The topological polar surface area (TPSA) is 40.9 Å². The summed E-state index contributed by atoms with van der Waals surface area (Å²) >= 11 is 0. The van der Waals surface area contributed by atoms with E-state index in [1.54, 1.807) is 6.07 Å². The Hall–Kier alpha value is -1.62. The average molecular weight is 212 g/mol. The van der Waals surface area contributed by atoms with Crippen LogP contribution < -0.4 is 0 Å². The van der Waals surface area contributed by atoms with Gasteiger partial charge in [-0.25, -0.2) is 0 Å². The van der Waals surface area contributed by atoms with Crippen LogP contribution in [0.1, 0.15) is 47.5 Å². The smallest absolute Gasteiger partial charge is 0.150 e. The first kappa shape index (κ1) is 10.9. The molecule has 0 amide bonds. The highest BCUT2D eigenvalue weighted by molar-refractivity contribution is 5.74. The molecule has 0 aliphatic heterocycles. The van der Waals surface area contributed by atoms with Gasteiger partial charge in [0.05, 0.1) is 12.0 Å². The maximum absolute atomic E-state index is 10.5. The fraction of sp³-hybridized carbons (Fsp3) is 0.429. The largest absolute Gasteiger partial charge is 0.298 e. The van der Waals surface area contributed by atoms with Crippen LogP contribution in [0.15, 0.2) is 18.2 Å². The van der Waals surface area contributed by atoms with E-state index in [1.165, 1.54) is 6.42 Å². The first-order valence-electron chi connectivity index (χ1n) is 5.71. The lowest BCUT2D eigenvalue weighted by Crippen LogP contribution is -2.16. The molecule has 0 spiro atoms. The number of hydrogen-bond acceptors (Lipinski definition) is 2. The van der Waals surface area contributed by atoms with Gasteiger partial charge in [-0.15, -0.1) is 0 Å². The van der Waals surface area contributed by atoms with Crippen LogP contribution in [-0.2, 0) is 0 Å². The van der Waals surface area contributed by atoms with Gasteiger partial charge in [-0.2, -0.15) is 5.26 Å². The Morgan fingerprint density at radius 3 is 2.81 bits per heavy atom. The maximum Gasteiger partial charge on any atom is 0.150 e. The van der Waals surface area contributed by atoms with E-state index < -0.39 is 0 Å². The molecule has 1 aliphatic rings. The Balaban J connectivity index is 2.21. The van der Waals surface area contributed by atoms with Crippen molar-refractivity contribution >= 4 is 6.29 Å². The molecular weight excluding hydrogens is 198 g/mol. The van der Waals surface area contributed by atoms with E-state index in [4.69, 9.17) is 5.26 Å². The fourth-order valence-electron chi connectivity index (χ4n) is 2.44. The van der Waals surface area contributed by atoms with E-state index in [0.717, 1.165) is 31.1 Å². The lowest BCUT2D eigenvalue weighted by molar-refractivity contribution is 0.112. The third-order valence-corrected chi connectivity index (χ3v) is 3.35. The number of benzene rings is 1. The van der Waals surface area contributed by atoms with E-state index in [0.29, 0.717) is 11.5 Å². The van der Waals surface area contributed by atoms with Crippen LogP contribution in [0.25, 0.3) is 0 Å². The Morgan fingerprint density at radius 1 is 1.38 bits per heavy atom. The van der Waals surface area contributed by atoms with Crippen LogP contribution in [0.5, 0.6) is 0 Å². The Kier molecular flexibility index (Phi) is 3.36. The number of carbonyl (C=O) groups is 1. The van der Waals surface area contributed by atoms with E-state index in [-0.39, 0.29) is 5.92 Å². The van der Waals surface area contributed by atoms with Crippen molar-refractivity contribution in [3.8, 4) is 6.07 Å². The summed E-state index contributed by atoms with van der Waals surface area (Å²) in [5.74, 6) is 0.458. The van der Waals surface area contributed by atoms with Gasteiger partial charge in [0.25, 0.3) is 0 Å². The van der Waals surface area contributed by atoms with Crippen LogP contribution in [0.3, 0.4) is 0 Å². The normalized spacial score (nSPS) is 24.7. The van der Waals surface area contributed by atoms with Crippen LogP contribution in [0.4, 0.5) is 0 Å². The van der Waals surface area contributed by atoms with Crippen molar-refractivity contribution in [2.24, 2.45) is 5.92 Å². The molecule has 1 radical (unpaired) electrons. The zero-order valence-corrected chi connectivity index (χ0v) is 9.15. The van der Waals surface area contributed by atoms with E-state index in [9.17, 15) is 4.79 Å². The van der Waals surface area contributed by atoms with Crippen LogP contribution in [0.2, 0.25) is 0 Å². The van der Waals surface area contributed by atoms with Gasteiger partial charge in [0.2, 0.25) is 0 Å². The molecule has 0 saturated heterocycles. The summed E-state index contributed by atoms with van der Waals surface area (Å²) in [6.07, 6.45) is 5.22. The van der Waals surface area contributed by atoms with Crippen LogP contribution in [-0.4, -0.2) is 6.29 Å². The first-order valence-corrected chi connectivity index (χ1v) is 5.71. The Labute approximate surface area is 95.9 Å². The molecule has 1 fully saturated rings. The monoisotopic (exact) mass is 212 g/mol. The third kappa shape index (κ3) is 2.14. The fourth-order valence-corrected chi connectivity index (χ4v) is 2.44. The summed E-state index contributed by atoms with van der Waals surface area (Å²) in [7, 11) is 0. The van der Waals surface area contributed by atoms with Crippen molar-refractivity contribution in [3.05, 3.63) is 35.4 Å². The zero-order valence-electron chi connectivity index (χ0n) is 9.15. The van der Waals surface area contributed by atoms with Gasteiger partial charge < -0.3 is 0 Å². The summed E-state index contributed by atoms with van der Waals surface area (Å²) in [6.45, 7) is 0. The van der Waals surface area contributed by atoms with Crippen molar-refractivity contribution in [1.29, 1.82) is 5.26 Å². The minimum atomic E-state index is 0.129. The Morgan fingerprint density at radius 2 is 2.19 bits per heavy atom. The van der Waals surface area contributed by atoms with Gasteiger partial charge in [-0.05, 0) is 30.4 Å². The van der Waals surface area contributed by atoms with Gasteiger partial charge in [0.15, 0.2) is 6.29 Å². The summed E-state index contributed by atoms with van der Waals surface area (Å²) < 4.78 is 0. The molecule has 2 atom stereocenters. The number of rotatable bonds is 2. The highest BCUT2D eigenvalue weighted by Crippen LogP contribution is 2.37. The second-order valence-electron chi connectivity index (χ2n) is 4.32. The molecule has 1 aliphatic carbocycles. The molecule has 0 heterocycles. The molecule has 0 aromatic heterocycles. The van der Waals surface area contributed by atoms with Gasteiger partial charge >= 0.3 is 0 Å². The number of nitriles is 1. The molecule has 2 unspecified atom stereocenters. The van der Waals surface area contributed by atoms with Crippen LogP contribution in [0, 0.1) is 23.3 Å². The standard InChI is InChI=1S/C14H14NO/c15-9-13-3-1-2-4-14(13)12-7-5-11(10-16)6-8-12/h5,7-8,10,13-14H,1-4H2. The number of hydrogen-bond donors (Lipinski definition) is 0. The predicted octanol–water partition coefficient (Wildman–Crippen LogP) is 3.10. The van der Waals surface area contributed by atoms with Crippen LogP contribution >= 0.6 is 0 Å². The molecule has 2 nitrogen and oxygen atoms in total. The highest BCUT2D eigenvalue weighted by Gasteiger charge is 2.26. The summed E-state index contributed by atoms with van der Waals surface area (Å²) in [6, 6.07) is 11.0. The molecule has 1 aromatic carbocycles. The van der Waals surface area contributed by atoms with E-state index in [1.807, 2.05) is 12.1 Å². The van der Waals surface area contributed by atoms with E-state index >= 15 is 0 Å². The van der Waals surface area contributed by atoms with Gasteiger partial charge in [-0.1, -0.05) is 31.0 Å². The van der Waals surface area contributed by atoms with Gasteiger partial charge in [0, 0.05) is 5.56 Å². The quantitative estimate of drug-likeness (QED) is 0.707. The van der Waals surface area contributed by atoms with Crippen molar-refractivity contribution in [2.75, 3.05) is 0 Å². The SMILES string of the molecule is N#CC1CCCCC1c1c[c]c(C=O)cc1. The second-order valence-corrected chi connectivity index (χ2v) is 4.32. The van der Waals surface area contributed by atoms with Crippen molar-refractivity contribution in [2.45, 2.75) is 31.6 Å². The average Bonchev–Trinajstić information content (AvgIpc) is 2.39. The first-order chi connectivity index (χ1) is 7.85. The van der Waals surface area contributed by atoms with Crippen molar-refractivity contribution in [1.82, 2.24) is 0 Å². The number of nitrogens with zero attached hydrogens (tertiary/aromatic N) is 1. The molecule has 2 rings (SSSR count). The van der Waals surface area contributed by atoms with Gasteiger partial charge in [0.1, 0.15) is 0 Å². The number of aldehydes is 1. The molecule has 0 N–H and O–H groups in total. The summed E-state index contributed by atoms with van der Waals surface area (Å²) in [5, 5.41) is 9.11. The molecule has 0 bridgehead atoms. The van der Waals surface area contributed by atoms with E-state index in [2.05, 4.69) is 12.1 Å². The number of carbonyl (C=O) groups excluding carboxylic acids is 1. The lowest BCUT2D eigenvalue weighted by Gasteiger charge is -2.26. The molecule has 1 saturated carbocycles. The molecular formula is C14H14NO. The molecule has 1 aromatic rings. The predicted molar refractivity (Wildman–Crippen MR) is 61.0 cm³/mol. The second kappa shape index (κ2) is 4.94. The molecule has 16 heavy (non-hydrogen) atoms. The molecule has 2 heteroatoms. The summed E-state index contributed by atoms with van der Waals surface area (Å²) in [5.41, 5.74) is 1.73. The zero-order chi connectivity index (χ0) is 11.4. The maximum atomic E-state index is 10.5. The van der Waals surface area contributed by atoms with Gasteiger partial charge in [-0.3, -0.25) is 4.79 Å². The minimum absolute atomic E-state index is 0.129. The third-order valence-electron chi connectivity index (χ3n) is 3.35. The Bertz CT molecular complexity index is 402. The van der Waals surface area contributed by atoms with Crippen molar-refractivity contribution in [3.63, 3.8) is 0 Å². The molecule has 81 valence electrons. The van der Waals surface area contributed by atoms with Crippen molar-refractivity contribution < 1.29 is 4.79 Å². The lowest BCUT2D eigenvalue weighted by atomic mass is 9.76. The highest BCUT2D eigenvalue weighted by atomic mass is 16.1. The minimum Gasteiger partial charge on any atom is -0.298 e.